The smallest absolute Gasteiger partial charge is 0.249 e. The standard InChI is InChI=1S/C16H14Cl2N2O/c1-19-16(9-10-3-2-4-11(17)7-10)13-6-5-12(18)8-14(13)20-15(16)21/h2-8,19H,9H2,1H3,(H,20,21). The fourth-order valence-corrected chi connectivity index (χ4v) is 3.19. The summed E-state index contributed by atoms with van der Waals surface area (Å²) in [6.07, 6.45) is 0.518. The molecule has 2 aromatic rings. The predicted molar refractivity (Wildman–Crippen MR) is 86.0 cm³/mol. The van der Waals surface area contributed by atoms with Gasteiger partial charge in [0.1, 0.15) is 5.54 Å². The summed E-state index contributed by atoms with van der Waals surface area (Å²) in [6, 6.07) is 13.0. The number of hydrogen-bond donors (Lipinski definition) is 2. The van der Waals surface area contributed by atoms with Crippen molar-refractivity contribution in [1.29, 1.82) is 0 Å². The molecule has 0 fully saturated rings. The van der Waals surface area contributed by atoms with Gasteiger partial charge in [-0.2, -0.15) is 0 Å². The molecule has 1 atom stereocenters. The van der Waals surface area contributed by atoms with Crippen molar-refractivity contribution >= 4 is 34.8 Å². The molecule has 0 radical (unpaired) electrons. The second-order valence-electron chi connectivity index (χ2n) is 5.11. The van der Waals surface area contributed by atoms with Crippen molar-refractivity contribution in [3.8, 4) is 0 Å². The van der Waals surface area contributed by atoms with Gasteiger partial charge in [0.2, 0.25) is 5.91 Å². The number of likely N-dealkylation sites (N-methyl/N-ethyl adjacent to an activating group) is 1. The maximum absolute atomic E-state index is 12.5. The van der Waals surface area contributed by atoms with E-state index in [0.717, 1.165) is 16.8 Å². The highest BCUT2D eigenvalue weighted by atomic mass is 35.5. The third-order valence-corrected chi connectivity index (χ3v) is 4.33. The Morgan fingerprint density at radius 1 is 1.14 bits per heavy atom. The fraction of sp³-hybridized carbons (Fsp3) is 0.188. The Morgan fingerprint density at radius 2 is 1.90 bits per heavy atom. The van der Waals surface area contributed by atoms with E-state index in [1.807, 2.05) is 30.3 Å². The van der Waals surface area contributed by atoms with Crippen LogP contribution in [-0.2, 0) is 16.8 Å². The highest BCUT2D eigenvalue weighted by molar-refractivity contribution is 6.31. The maximum atomic E-state index is 12.5. The van der Waals surface area contributed by atoms with E-state index in [0.29, 0.717) is 16.5 Å². The van der Waals surface area contributed by atoms with Gasteiger partial charge in [0.25, 0.3) is 0 Å². The van der Waals surface area contributed by atoms with Crippen molar-refractivity contribution in [2.75, 3.05) is 12.4 Å². The molecule has 21 heavy (non-hydrogen) atoms. The number of rotatable bonds is 3. The normalized spacial score (nSPS) is 20.2. The lowest BCUT2D eigenvalue weighted by Gasteiger charge is -2.27. The Bertz CT molecular complexity index is 717. The van der Waals surface area contributed by atoms with E-state index in [2.05, 4.69) is 10.6 Å². The van der Waals surface area contributed by atoms with Crippen molar-refractivity contribution in [2.24, 2.45) is 0 Å². The molecule has 0 saturated carbocycles. The van der Waals surface area contributed by atoms with Crippen molar-refractivity contribution in [3.05, 3.63) is 63.6 Å². The Kier molecular flexibility index (Phi) is 3.66. The number of halogens is 2. The molecule has 1 unspecified atom stereocenters. The van der Waals surface area contributed by atoms with Crippen molar-refractivity contribution in [1.82, 2.24) is 5.32 Å². The first kappa shape index (κ1) is 14.4. The molecular weight excluding hydrogens is 307 g/mol. The van der Waals surface area contributed by atoms with Crippen LogP contribution in [0.1, 0.15) is 11.1 Å². The molecule has 0 aliphatic carbocycles. The summed E-state index contributed by atoms with van der Waals surface area (Å²) in [7, 11) is 1.79. The van der Waals surface area contributed by atoms with Gasteiger partial charge in [0.05, 0.1) is 0 Å². The molecule has 0 bridgehead atoms. The Morgan fingerprint density at radius 3 is 2.62 bits per heavy atom. The van der Waals surface area contributed by atoms with Gasteiger partial charge in [0, 0.05) is 27.7 Å². The lowest BCUT2D eigenvalue weighted by atomic mass is 9.85. The number of nitrogens with one attached hydrogen (secondary N) is 2. The minimum Gasteiger partial charge on any atom is -0.324 e. The van der Waals surface area contributed by atoms with Crippen LogP contribution < -0.4 is 10.6 Å². The van der Waals surface area contributed by atoms with E-state index >= 15 is 0 Å². The Balaban J connectivity index is 2.07. The lowest BCUT2D eigenvalue weighted by Crippen LogP contribution is -2.48. The summed E-state index contributed by atoms with van der Waals surface area (Å²) < 4.78 is 0. The number of benzene rings is 2. The zero-order valence-electron chi connectivity index (χ0n) is 11.4. The molecule has 0 spiro atoms. The third-order valence-electron chi connectivity index (χ3n) is 3.86. The summed E-state index contributed by atoms with van der Waals surface area (Å²) in [5.41, 5.74) is 1.85. The molecule has 1 aliphatic rings. The fourth-order valence-electron chi connectivity index (χ4n) is 2.81. The van der Waals surface area contributed by atoms with E-state index in [9.17, 15) is 4.79 Å². The lowest BCUT2D eigenvalue weighted by molar-refractivity contribution is -0.121. The van der Waals surface area contributed by atoms with Gasteiger partial charge in [0.15, 0.2) is 0 Å². The first-order valence-electron chi connectivity index (χ1n) is 6.60. The van der Waals surface area contributed by atoms with Gasteiger partial charge in [-0.05, 0) is 36.9 Å². The molecule has 108 valence electrons. The van der Waals surface area contributed by atoms with E-state index in [4.69, 9.17) is 23.2 Å². The quantitative estimate of drug-likeness (QED) is 0.907. The van der Waals surface area contributed by atoms with E-state index in [1.54, 1.807) is 19.2 Å². The minimum atomic E-state index is -0.801. The Hall–Kier alpha value is -1.55. The first-order chi connectivity index (χ1) is 10.0. The minimum absolute atomic E-state index is 0.0813. The van der Waals surface area contributed by atoms with Gasteiger partial charge >= 0.3 is 0 Å². The van der Waals surface area contributed by atoms with E-state index in [1.165, 1.54) is 0 Å². The van der Waals surface area contributed by atoms with Gasteiger partial charge in [-0.1, -0.05) is 41.4 Å². The van der Waals surface area contributed by atoms with Crippen LogP contribution in [0.25, 0.3) is 0 Å². The monoisotopic (exact) mass is 320 g/mol. The molecular formula is C16H14Cl2N2O. The number of amides is 1. The van der Waals surface area contributed by atoms with Crippen molar-refractivity contribution in [2.45, 2.75) is 12.0 Å². The molecule has 3 rings (SSSR count). The highest BCUT2D eigenvalue weighted by Crippen LogP contribution is 2.39. The van der Waals surface area contributed by atoms with Crippen LogP contribution in [0.5, 0.6) is 0 Å². The zero-order valence-corrected chi connectivity index (χ0v) is 12.9. The molecule has 2 N–H and O–H groups in total. The SMILES string of the molecule is CNC1(Cc2cccc(Cl)c2)C(=O)Nc2cc(Cl)ccc21. The molecule has 5 heteroatoms. The molecule has 2 aromatic carbocycles. The average molecular weight is 321 g/mol. The van der Waals surface area contributed by atoms with Crippen LogP contribution in [-0.4, -0.2) is 13.0 Å². The molecule has 3 nitrogen and oxygen atoms in total. The Labute approximate surface area is 133 Å². The number of hydrogen-bond acceptors (Lipinski definition) is 2. The average Bonchev–Trinajstić information content (AvgIpc) is 2.71. The second kappa shape index (κ2) is 5.34. The van der Waals surface area contributed by atoms with Crippen LogP contribution in [0.2, 0.25) is 10.0 Å². The summed E-state index contributed by atoms with van der Waals surface area (Å²) in [6.45, 7) is 0. The van der Waals surface area contributed by atoms with Gasteiger partial charge < -0.3 is 10.6 Å². The summed E-state index contributed by atoms with van der Waals surface area (Å²) in [5.74, 6) is -0.0813. The zero-order chi connectivity index (χ0) is 15.0. The van der Waals surface area contributed by atoms with Gasteiger partial charge in [-0.15, -0.1) is 0 Å². The molecule has 1 aliphatic heterocycles. The van der Waals surface area contributed by atoms with Crippen LogP contribution in [0.4, 0.5) is 5.69 Å². The molecule has 1 heterocycles. The van der Waals surface area contributed by atoms with Gasteiger partial charge in [-0.25, -0.2) is 0 Å². The highest BCUT2D eigenvalue weighted by Gasteiger charge is 2.45. The third kappa shape index (κ3) is 2.42. The summed E-state index contributed by atoms with van der Waals surface area (Å²) in [5, 5.41) is 7.33. The largest absolute Gasteiger partial charge is 0.324 e. The summed E-state index contributed by atoms with van der Waals surface area (Å²) in [4.78, 5) is 12.5. The predicted octanol–water partition coefficient (Wildman–Crippen LogP) is 3.60. The van der Waals surface area contributed by atoms with Crippen LogP contribution in [0.3, 0.4) is 0 Å². The topological polar surface area (TPSA) is 41.1 Å². The number of anilines is 1. The van der Waals surface area contributed by atoms with Crippen LogP contribution in [0, 0.1) is 0 Å². The van der Waals surface area contributed by atoms with E-state index < -0.39 is 5.54 Å². The van der Waals surface area contributed by atoms with Crippen LogP contribution in [0.15, 0.2) is 42.5 Å². The molecule has 0 aromatic heterocycles. The van der Waals surface area contributed by atoms with Crippen molar-refractivity contribution < 1.29 is 4.79 Å². The van der Waals surface area contributed by atoms with Crippen molar-refractivity contribution in [3.63, 3.8) is 0 Å². The molecule has 1 amide bonds. The molecule has 0 saturated heterocycles. The number of carbonyl (C=O) groups excluding carboxylic acids is 1. The van der Waals surface area contributed by atoms with Gasteiger partial charge in [-0.3, -0.25) is 4.79 Å². The maximum Gasteiger partial charge on any atom is 0.249 e. The second-order valence-corrected chi connectivity index (χ2v) is 5.98. The summed E-state index contributed by atoms with van der Waals surface area (Å²) >= 11 is 12.0. The van der Waals surface area contributed by atoms with E-state index in [-0.39, 0.29) is 5.91 Å². The van der Waals surface area contributed by atoms with Crippen LogP contribution >= 0.6 is 23.2 Å². The number of fused-ring (bicyclic) bond motifs is 1. The number of carbonyl (C=O) groups is 1. The first-order valence-corrected chi connectivity index (χ1v) is 7.35.